The maximum Gasteiger partial charge on any atom is 0.262 e. The summed E-state index contributed by atoms with van der Waals surface area (Å²) >= 11 is 5.85. The normalized spacial score (nSPS) is 10.2. The highest BCUT2D eigenvalue weighted by molar-refractivity contribution is 6.30. The summed E-state index contributed by atoms with van der Waals surface area (Å²) in [6.07, 6.45) is 0. The quantitative estimate of drug-likeness (QED) is 0.526. The van der Waals surface area contributed by atoms with Gasteiger partial charge in [-0.2, -0.15) is 0 Å². The number of nitrogens with one attached hydrogen (secondary N) is 1. The summed E-state index contributed by atoms with van der Waals surface area (Å²) in [4.78, 5) is 12.2. The van der Waals surface area contributed by atoms with Crippen molar-refractivity contribution >= 4 is 23.2 Å². The minimum atomic E-state index is -0.266. The number of benzene rings is 3. The van der Waals surface area contributed by atoms with E-state index in [1.54, 1.807) is 48.5 Å². The molecule has 0 aliphatic rings. The Morgan fingerprint density at radius 1 is 0.750 bits per heavy atom. The van der Waals surface area contributed by atoms with Gasteiger partial charge < -0.3 is 19.5 Å². The van der Waals surface area contributed by atoms with Gasteiger partial charge in [0.05, 0.1) is 5.69 Å². The molecule has 6 heteroatoms. The van der Waals surface area contributed by atoms with Crippen LogP contribution in [0.1, 0.15) is 0 Å². The molecular formula is C22H20ClNO4. The highest BCUT2D eigenvalue weighted by Gasteiger charge is 2.08. The van der Waals surface area contributed by atoms with Crippen molar-refractivity contribution in [1.29, 1.82) is 0 Å². The number of rotatable bonds is 9. The molecule has 0 saturated carbocycles. The zero-order chi connectivity index (χ0) is 19.6. The maximum absolute atomic E-state index is 12.2. The number of anilines is 1. The molecule has 1 N–H and O–H groups in total. The van der Waals surface area contributed by atoms with Crippen LogP contribution >= 0.6 is 11.6 Å². The summed E-state index contributed by atoms with van der Waals surface area (Å²) in [6, 6.07) is 23.5. The van der Waals surface area contributed by atoms with Crippen LogP contribution < -0.4 is 19.5 Å². The summed E-state index contributed by atoms with van der Waals surface area (Å²) in [7, 11) is 0. The molecule has 0 aliphatic heterocycles. The van der Waals surface area contributed by atoms with Gasteiger partial charge in [-0.05, 0) is 48.5 Å². The Labute approximate surface area is 168 Å². The molecule has 28 heavy (non-hydrogen) atoms. The van der Waals surface area contributed by atoms with Gasteiger partial charge in [0.2, 0.25) is 0 Å². The van der Waals surface area contributed by atoms with Gasteiger partial charge in [-0.3, -0.25) is 4.79 Å². The average molecular weight is 398 g/mol. The lowest BCUT2D eigenvalue weighted by atomic mass is 10.3. The average Bonchev–Trinajstić information content (AvgIpc) is 2.73. The Balaban J connectivity index is 1.46. The fourth-order valence-corrected chi connectivity index (χ4v) is 2.52. The molecule has 3 aromatic carbocycles. The van der Waals surface area contributed by atoms with Crippen LogP contribution in [0.25, 0.3) is 0 Å². The zero-order valence-electron chi connectivity index (χ0n) is 15.1. The first kappa shape index (κ1) is 19.6. The SMILES string of the molecule is O=C(COc1ccccc1)Nc1ccccc1OCCOc1ccc(Cl)cc1. The lowest BCUT2D eigenvalue weighted by Gasteiger charge is -2.13. The van der Waals surface area contributed by atoms with Gasteiger partial charge in [0, 0.05) is 5.02 Å². The number of amides is 1. The van der Waals surface area contributed by atoms with Gasteiger partial charge in [0.15, 0.2) is 6.61 Å². The van der Waals surface area contributed by atoms with Crippen molar-refractivity contribution in [3.63, 3.8) is 0 Å². The predicted molar refractivity (Wildman–Crippen MR) is 109 cm³/mol. The van der Waals surface area contributed by atoms with Gasteiger partial charge in [0.1, 0.15) is 30.5 Å². The van der Waals surface area contributed by atoms with E-state index in [-0.39, 0.29) is 12.5 Å². The van der Waals surface area contributed by atoms with Gasteiger partial charge >= 0.3 is 0 Å². The summed E-state index contributed by atoms with van der Waals surface area (Å²) in [6.45, 7) is 0.606. The number of hydrogen-bond acceptors (Lipinski definition) is 4. The van der Waals surface area contributed by atoms with E-state index < -0.39 is 0 Å². The van der Waals surface area contributed by atoms with Crippen molar-refractivity contribution in [3.05, 3.63) is 83.9 Å². The molecule has 0 atom stereocenters. The Bertz CT molecular complexity index is 885. The van der Waals surface area contributed by atoms with Crippen molar-refractivity contribution in [3.8, 4) is 17.2 Å². The number of halogens is 1. The third-order valence-corrected chi connectivity index (χ3v) is 3.95. The molecule has 0 unspecified atom stereocenters. The topological polar surface area (TPSA) is 56.8 Å². The van der Waals surface area contributed by atoms with E-state index in [0.717, 1.165) is 0 Å². The molecule has 144 valence electrons. The fourth-order valence-electron chi connectivity index (χ4n) is 2.39. The van der Waals surface area contributed by atoms with Crippen LogP contribution in [-0.2, 0) is 4.79 Å². The van der Waals surface area contributed by atoms with Crippen LogP contribution in [0, 0.1) is 0 Å². The minimum Gasteiger partial charge on any atom is -0.490 e. The van der Waals surface area contributed by atoms with Crippen molar-refractivity contribution in [2.45, 2.75) is 0 Å². The van der Waals surface area contributed by atoms with Gasteiger partial charge in [-0.1, -0.05) is 41.9 Å². The second kappa shape index (κ2) is 10.2. The first-order valence-corrected chi connectivity index (χ1v) is 9.16. The fraction of sp³-hybridized carbons (Fsp3) is 0.136. The van der Waals surface area contributed by atoms with Gasteiger partial charge in [-0.25, -0.2) is 0 Å². The van der Waals surface area contributed by atoms with Crippen LogP contribution in [0.2, 0.25) is 5.02 Å². The van der Waals surface area contributed by atoms with E-state index in [4.69, 9.17) is 25.8 Å². The third kappa shape index (κ3) is 6.21. The summed E-state index contributed by atoms with van der Waals surface area (Å²) in [5.41, 5.74) is 0.579. The number of carbonyl (C=O) groups excluding carboxylic acids is 1. The lowest BCUT2D eigenvalue weighted by Crippen LogP contribution is -2.21. The van der Waals surface area contributed by atoms with Crippen molar-refractivity contribution in [2.24, 2.45) is 0 Å². The molecule has 3 aromatic rings. The molecule has 3 rings (SSSR count). The lowest BCUT2D eigenvalue weighted by molar-refractivity contribution is -0.118. The van der Waals surface area contributed by atoms with Crippen LogP contribution in [0.4, 0.5) is 5.69 Å². The maximum atomic E-state index is 12.2. The summed E-state index contributed by atoms with van der Waals surface area (Å²) in [5, 5.41) is 3.46. The number of carbonyl (C=O) groups is 1. The molecule has 0 saturated heterocycles. The third-order valence-electron chi connectivity index (χ3n) is 3.70. The van der Waals surface area contributed by atoms with E-state index in [9.17, 15) is 4.79 Å². The number of para-hydroxylation sites is 3. The second-order valence-corrected chi connectivity index (χ2v) is 6.23. The van der Waals surface area contributed by atoms with E-state index in [1.165, 1.54) is 0 Å². The van der Waals surface area contributed by atoms with Crippen molar-refractivity contribution in [1.82, 2.24) is 0 Å². The standard InChI is InChI=1S/C22H20ClNO4/c23-17-10-12-19(13-11-17)26-14-15-27-21-9-5-4-8-20(21)24-22(25)16-28-18-6-2-1-3-7-18/h1-13H,14-16H2,(H,24,25). The van der Waals surface area contributed by atoms with E-state index in [0.29, 0.717) is 41.2 Å². The second-order valence-electron chi connectivity index (χ2n) is 5.80. The van der Waals surface area contributed by atoms with Crippen LogP contribution in [0.15, 0.2) is 78.9 Å². The highest BCUT2D eigenvalue weighted by Crippen LogP contribution is 2.24. The largest absolute Gasteiger partial charge is 0.490 e. The molecule has 0 aliphatic carbocycles. The molecule has 5 nitrogen and oxygen atoms in total. The van der Waals surface area contributed by atoms with Crippen LogP contribution in [0.5, 0.6) is 17.2 Å². The van der Waals surface area contributed by atoms with Crippen molar-refractivity contribution < 1.29 is 19.0 Å². The zero-order valence-corrected chi connectivity index (χ0v) is 15.9. The molecular weight excluding hydrogens is 378 g/mol. The molecule has 0 radical (unpaired) electrons. The molecule has 0 bridgehead atoms. The van der Waals surface area contributed by atoms with E-state index in [2.05, 4.69) is 5.32 Å². The van der Waals surface area contributed by atoms with Crippen LogP contribution in [0.3, 0.4) is 0 Å². The first-order valence-electron chi connectivity index (χ1n) is 8.78. The van der Waals surface area contributed by atoms with Gasteiger partial charge in [-0.15, -0.1) is 0 Å². The summed E-state index contributed by atoms with van der Waals surface area (Å²) in [5.74, 6) is 1.65. The molecule has 0 heterocycles. The smallest absolute Gasteiger partial charge is 0.262 e. The van der Waals surface area contributed by atoms with Crippen LogP contribution in [-0.4, -0.2) is 25.7 Å². The monoisotopic (exact) mass is 397 g/mol. The number of ether oxygens (including phenoxy) is 3. The number of hydrogen-bond donors (Lipinski definition) is 1. The highest BCUT2D eigenvalue weighted by atomic mass is 35.5. The Morgan fingerprint density at radius 2 is 1.39 bits per heavy atom. The Hall–Kier alpha value is -3.18. The Kier molecular flexibility index (Phi) is 7.15. The molecule has 1 amide bonds. The summed E-state index contributed by atoms with van der Waals surface area (Å²) < 4.78 is 16.8. The minimum absolute atomic E-state index is 0.0853. The van der Waals surface area contributed by atoms with E-state index >= 15 is 0 Å². The molecule has 0 fully saturated rings. The molecule has 0 aromatic heterocycles. The predicted octanol–water partition coefficient (Wildman–Crippen LogP) is 4.82. The first-order chi connectivity index (χ1) is 13.7. The van der Waals surface area contributed by atoms with E-state index in [1.807, 2.05) is 30.3 Å². The van der Waals surface area contributed by atoms with Gasteiger partial charge in [0.25, 0.3) is 5.91 Å². The Morgan fingerprint density at radius 3 is 2.18 bits per heavy atom. The van der Waals surface area contributed by atoms with Crippen molar-refractivity contribution in [2.75, 3.05) is 25.1 Å². The molecule has 0 spiro atoms.